The van der Waals surface area contributed by atoms with Crippen molar-refractivity contribution in [1.29, 1.82) is 0 Å². The number of carbonyl (C=O) groups is 1. The number of hydrogen-bond donors (Lipinski definition) is 1. The minimum Gasteiger partial charge on any atom is -0.338 e. The molecule has 0 aliphatic carbocycles. The highest BCUT2D eigenvalue weighted by Gasteiger charge is 2.38. The van der Waals surface area contributed by atoms with Gasteiger partial charge < -0.3 is 10.2 Å². The Morgan fingerprint density at radius 3 is 2.44 bits per heavy atom. The second kappa shape index (κ2) is 4.72. The van der Waals surface area contributed by atoms with Gasteiger partial charge in [0.2, 0.25) is 0 Å². The third-order valence-corrected chi connectivity index (χ3v) is 4.58. The second-order valence-electron chi connectivity index (χ2n) is 5.02. The van der Waals surface area contributed by atoms with Crippen LogP contribution in [0.15, 0.2) is 18.2 Å². The van der Waals surface area contributed by atoms with Crippen molar-refractivity contribution in [3.8, 4) is 0 Å². The molecule has 96 valence electrons. The molecule has 0 unspecified atom stereocenters. The first kappa shape index (κ1) is 12.3. The maximum atomic E-state index is 12.3. The lowest BCUT2D eigenvalue weighted by Crippen LogP contribution is -2.31. The number of nitrogens with one attached hydrogen (secondary N) is 1. The molecule has 3 rings (SSSR count). The molecule has 18 heavy (non-hydrogen) atoms. The minimum atomic E-state index is 0.0583. The van der Waals surface area contributed by atoms with Crippen LogP contribution in [0.3, 0.4) is 0 Å². The van der Waals surface area contributed by atoms with E-state index in [9.17, 15) is 4.79 Å². The van der Waals surface area contributed by atoms with E-state index in [0.717, 1.165) is 26.2 Å². The fraction of sp³-hybridized carbons (Fsp3) is 0.462. The van der Waals surface area contributed by atoms with Crippen LogP contribution in [0.25, 0.3) is 0 Å². The van der Waals surface area contributed by atoms with Gasteiger partial charge in [-0.05, 0) is 30.0 Å². The van der Waals surface area contributed by atoms with Crippen molar-refractivity contribution in [2.24, 2.45) is 11.8 Å². The molecule has 2 saturated heterocycles. The van der Waals surface area contributed by atoms with Crippen LogP contribution in [0.5, 0.6) is 0 Å². The summed E-state index contributed by atoms with van der Waals surface area (Å²) >= 11 is 11.8. The van der Waals surface area contributed by atoms with Gasteiger partial charge in [0, 0.05) is 31.7 Å². The van der Waals surface area contributed by atoms with Crippen molar-refractivity contribution >= 4 is 29.1 Å². The summed E-state index contributed by atoms with van der Waals surface area (Å²) in [5, 5.41) is 4.28. The average molecular weight is 285 g/mol. The van der Waals surface area contributed by atoms with Crippen molar-refractivity contribution in [2.45, 2.75) is 0 Å². The first-order chi connectivity index (χ1) is 8.65. The van der Waals surface area contributed by atoms with Crippen molar-refractivity contribution < 1.29 is 4.79 Å². The average Bonchev–Trinajstić information content (AvgIpc) is 2.92. The van der Waals surface area contributed by atoms with Crippen molar-refractivity contribution in [2.75, 3.05) is 26.2 Å². The van der Waals surface area contributed by atoms with Crippen LogP contribution < -0.4 is 5.32 Å². The van der Waals surface area contributed by atoms with Gasteiger partial charge in [0.25, 0.3) is 5.91 Å². The number of halogens is 2. The first-order valence-electron chi connectivity index (χ1n) is 6.10. The molecule has 1 N–H and O–H groups in total. The molecule has 1 aromatic carbocycles. The number of hydrogen-bond acceptors (Lipinski definition) is 2. The van der Waals surface area contributed by atoms with Gasteiger partial charge in [0.15, 0.2) is 0 Å². The van der Waals surface area contributed by atoms with Gasteiger partial charge in [-0.3, -0.25) is 4.79 Å². The van der Waals surface area contributed by atoms with E-state index < -0.39 is 0 Å². The Morgan fingerprint density at radius 2 is 1.83 bits per heavy atom. The molecular formula is C13H14Cl2N2O. The molecule has 3 nitrogen and oxygen atoms in total. The number of amides is 1. The number of benzene rings is 1. The van der Waals surface area contributed by atoms with Crippen LogP contribution in [0.2, 0.25) is 10.0 Å². The van der Waals surface area contributed by atoms with Gasteiger partial charge in [-0.1, -0.05) is 23.2 Å². The van der Waals surface area contributed by atoms with Gasteiger partial charge in [-0.15, -0.1) is 0 Å². The molecular weight excluding hydrogens is 271 g/mol. The van der Waals surface area contributed by atoms with Gasteiger partial charge in [-0.2, -0.15) is 0 Å². The zero-order chi connectivity index (χ0) is 12.7. The summed E-state index contributed by atoms with van der Waals surface area (Å²) in [5.74, 6) is 1.27. The highest BCUT2D eigenvalue weighted by molar-refractivity contribution is 6.42. The third-order valence-electron chi connectivity index (χ3n) is 3.84. The Bertz CT molecular complexity index is 480. The molecule has 2 aliphatic rings. The molecule has 0 bridgehead atoms. The predicted octanol–water partition coefficient (Wildman–Crippen LogP) is 2.28. The molecule has 2 aliphatic heterocycles. The fourth-order valence-electron chi connectivity index (χ4n) is 2.83. The number of nitrogens with zero attached hydrogens (tertiary/aromatic N) is 1. The van der Waals surface area contributed by atoms with Crippen LogP contribution in [0.1, 0.15) is 10.4 Å². The van der Waals surface area contributed by atoms with E-state index in [1.165, 1.54) is 0 Å². The zero-order valence-corrected chi connectivity index (χ0v) is 11.3. The highest BCUT2D eigenvalue weighted by atomic mass is 35.5. The monoisotopic (exact) mass is 284 g/mol. The van der Waals surface area contributed by atoms with E-state index in [4.69, 9.17) is 23.2 Å². The smallest absolute Gasteiger partial charge is 0.253 e. The van der Waals surface area contributed by atoms with E-state index in [2.05, 4.69) is 5.32 Å². The van der Waals surface area contributed by atoms with Crippen LogP contribution >= 0.6 is 23.2 Å². The van der Waals surface area contributed by atoms with Crippen molar-refractivity contribution in [1.82, 2.24) is 10.2 Å². The summed E-state index contributed by atoms with van der Waals surface area (Å²) in [4.78, 5) is 14.3. The highest BCUT2D eigenvalue weighted by Crippen LogP contribution is 2.29. The standard InChI is InChI=1S/C13H14Cl2N2O/c14-11-2-1-8(3-12(11)15)13(18)17-6-9-4-16-5-10(9)7-17/h1-3,9-10,16H,4-7H2/t9-,10+. The number of likely N-dealkylation sites (tertiary alicyclic amines) is 1. The van der Waals surface area contributed by atoms with Gasteiger partial charge in [0.1, 0.15) is 0 Å². The second-order valence-corrected chi connectivity index (χ2v) is 5.83. The topological polar surface area (TPSA) is 32.3 Å². The van der Waals surface area contributed by atoms with E-state index >= 15 is 0 Å². The van der Waals surface area contributed by atoms with Crippen LogP contribution in [-0.4, -0.2) is 37.0 Å². The molecule has 1 amide bonds. The Hall–Kier alpha value is -0.770. The molecule has 2 heterocycles. The molecule has 2 atom stereocenters. The van der Waals surface area contributed by atoms with Crippen molar-refractivity contribution in [3.05, 3.63) is 33.8 Å². The molecule has 1 aromatic rings. The van der Waals surface area contributed by atoms with Crippen LogP contribution in [0.4, 0.5) is 0 Å². The largest absolute Gasteiger partial charge is 0.338 e. The van der Waals surface area contributed by atoms with E-state index in [1.54, 1.807) is 18.2 Å². The normalized spacial score (nSPS) is 26.4. The maximum Gasteiger partial charge on any atom is 0.253 e. The lowest BCUT2D eigenvalue weighted by atomic mass is 10.0. The van der Waals surface area contributed by atoms with Crippen molar-refractivity contribution in [3.63, 3.8) is 0 Å². The predicted molar refractivity (Wildman–Crippen MR) is 72.2 cm³/mol. The van der Waals surface area contributed by atoms with E-state index in [1.807, 2.05) is 4.90 Å². The Morgan fingerprint density at radius 1 is 1.17 bits per heavy atom. The maximum absolute atomic E-state index is 12.3. The summed E-state index contributed by atoms with van der Waals surface area (Å²) in [5.41, 5.74) is 0.623. The minimum absolute atomic E-state index is 0.0583. The van der Waals surface area contributed by atoms with Gasteiger partial charge in [0.05, 0.1) is 10.0 Å². The summed E-state index contributed by atoms with van der Waals surface area (Å²) in [6, 6.07) is 5.07. The molecule has 0 radical (unpaired) electrons. The van der Waals surface area contributed by atoms with Gasteiger partial charge in [-0.25, -0.2) is 0 Å². The molecule has 2 fully saturated rings. The summed E-state index contributed by atoms with van der Waals surface area (Å²) < 4.78 is 0. The fourth-order valence-corrected chi connectivity index (χ4v) is 3.13. The summed E-state index contributed by atoms with van der Waals surface area (Å²) in [6.07, 6.45) is 0. The summed E-state index contributed by atoms with van der Waals surface area (Å²) in [6.45, 7) is 3.74. The van der Waals surface area contributed by atoms with E-state index in [-0.39, 0.29) is 5.91 Å². The Kier molecular flexibility index (Phi) is 3.22. The number of rotatable bonds is 1. The number of carbonyl (C=O) groups excluding carboxylic acids is 1. The molecule has 0 aromatic heterocycles. The Labute approximate surface area is 116 Å². The van der Waals surface area contributed by atoms with Crippen LogP contribution in [-0.2, 0) is 0 Å². The van der Waals surface area contributed by atoms with Crippen LogP contribution in [0, 0.1) is 11.8 Å². The summed E-state index contributed by atoms with van der Waals surface area (Å²) in [7, 11) is 0. The van der Waals surface area contributed by atoms with E-state index in [0.29, 0.717) is 27.4 Å². The zero-order valence-electron chi connectivity index (χ0n) is 9.83. The van der Waals surface area contributed by atoms with Gasteiger partial charge >= 0.3 is 0 Å². The third kappa shape index (κ3) is 2.11. The molecule has 0 spiro atoms. The Balaban J connectivity index is 1.77. The molecule has 5 heteroatoms. The lowest BCUT2D eigenvalue weighted by molar-refractivity contribution is 0.0781. The molecule has 0 saturated carbocycles. The quantitative estimate of drug-likeness (QED) is 0.858. The lowest BCUT2D eigenvalue weighted by Gasteiger charge is -2.17. The number of fused-ring (bicyclic) bond motifs is 1. The SMILES string of the molecule is O=C(c1ccc(Cl)c(Cl)c1)N1C[C@H]2CNC[C@H]2C1. The first-order valence-corrected chi connectivity index (χ1v) is 6.86.